The van der Waals surface area contributed by atoms with E-state index in [-0.39, 0.29) is 6.04 Å². The van der Waals surface area contributed by atoms with Crippen molar-refractivity contribution in [3.8, 4) is 5.75 Å². The summed E-state index contributed by atoms with van der Waals surface area (Å²) in [4.78, 5) is 0. The van der Waals surface area contributed by atoms with Crippen molar-refractivity contribution in [1.29, 1.82) is 0 Å². The first-order valence-electron chi connectivity index (χ1n) is 6.37. The van der Waals surface area contributed by atoms with Gasteiger partial charge in [-0.3, -0.25) is 0 Å². The summed E-state index contributed by atoms with van der Waals surface area (Å²) < 4.78 is 5.37. The first-order chi connectivity index (χ1) is 8.70. The Hall–Kier alpha value is -0.380. The van der Waals surface area contributed by atoms with Crippen molar-refractivity contribution in [2.75, 3.05) is 18.6 Å². The van der Waals surface area contributed by atoms with Gasteiger partial charge in [0.2, 0.25) is 0 Å². The monoisotopic (exact) mass is 285 g/mol. The van der Waals surface area contributed by atoms with E-state index in [1.807, 2.05) is 30.0 Å². The Morgan fingerprint density at radius 2 is 2.17 bits per heavy atom. The molecule has 0 amide bonds. The van der Waals surface area contributed by atoms with E-state index in [1.54, 1.807) is 7.11 Å². The SMILES string of the molecule is COc1ccc(Cl)cc1C(N)CC1CCSCC1. The van der Waals surface area contributed by atoms with E-state index in [0.717, 1.165) is 28.7 Å². The number of hydrogen-bond donors (Lipinski definition) is 1. The maximum absolute atomic E-state index is 6.33. The topological polar surface area (TPSA) is 35.2 Å². The number of ether oxygens (including phenoxy) is 1. The molecule has 100 valence electrons. The number of methoxy groups -OCH3 is 1. The second-order valence-corrected chi connectivity index (χ2v) is 6.45. The maximum atomic E-state index is 6.33. The van der Waals surface area contributed by atoms with Gasteiger partial charge in [0.15, 0.2) is 0 Å². The van der Waals surface area contributed by atoms with Gasteiger partial charge in [0.1, 0.15) is 5.75 Å². The zero-order valence-corrected chi connectivity index (χ0v) is 12.3. The van der Waals surface area contributed by atoms with Crippen LogP contribution in [-0.4, -0.2) is 18.6 Å². The van der Waals surface area contributed by atoms with Gasteiger partial charge in [-0.05, 0) is 54.9 Å². The molecule has 1 atom stereocenters. The molecular formula is C14H20ClNOS. The molecule has 2 rings (SSSR count). The van der Waals surface area contributed by atoms with Crippen LogP contribution in [0.2, 0.25) is 5.02 Å². The van der Waals surface area contributed by atoms with Gasteiger partial charge < -0.3 is 10.5 Å². The molecule has 1 fully saturated rings. The molecule has 1 aromatic carbocycles. The van der Waals surface area contributed by atoms with Crippen LogP contribution in [0.1, 0.15) is 30.9 Å². The van der Waals surface area contributed by atoms with Gasteiger partial charge >= 0.3 is 0 Å². The Kier molecular flexibility index (Phi) is 5.22. The average Bonchev–Trinajstić information content (AvgIpc) is 2.40. The molecule has 1 aliphatic heterocycles. The van der Waals surface area contributed by atoms with Crippen LogP contribution in [0.15, 0.2) is 18.2 Å². The minimum absolute atomic E-state index is 0.0201. The molecule has 18 heavy (non-hydrogen) atoms. The van der Waals surface area contributed by atoms with Crippen LogP contribution in [-0.2, 0) is 0 Å². The largest absolute Gasteiger partial charge is 0.496 e. The first kappa shape index (κ1) is 14.0. The van der Waals surface area contributed by atoms with Gasteiger partial charge in [-0.15, -0.1) is 0 Å². The predicted octanol–water partition coefficient (Wildman–Crippen LogP) is 3.88. The summed E-state index contributed by atoms with van der Waals surface area (Å²) in [5.74, 6) is 4.12. The standard InChI is InChI=1S/C14H20ClNOS/c1-17-14-3-2-11(15)9-12(14)13(16)8-10-4-6-18-7-5-10/h2-3,9-10,13H,4-8,16H2,1H3. The molecule has 0 aromatic heterocycles. The van der Waals surface area contributed by atoms with E-state index in [1.165, 1.54) is 24.3 Å². The number of nitrogens with two attached hydrogens (primary N) is 1. The third kappa shape index (κ3) is 3.56. The highest BCUT2D eigenvalue weighted by Crippen LogP contribution is 2.34. The van der Waals surface area contributed by atoms with Crippen LogP contribution in [0.25, 0.3) is 0 Å². The summed E-state index contributed by atoms with van der Waals surface area (Å²) in [6, 6.07) is 5.69. The van der Waals surface area contributed by atoms with Crippen molar-refractivity contribution in [2.24, 2.45) is 11.7 Å². The van der Waals surface area contributed by atoms with Crippen molar-refractivity contribution in [2.45, 2.75) is 25.3 Å². The van der Waals surface area contributed by atoms with Crippen molar-refractivity contribution >= 4 is 23.4 Å². The lowest BCUT2D eigenvalue weighted by molar-refractivity contribution is 0.383. The second-order valence-electron chi connectivity index (χ2n) is 4.78. The van der Waals surface area contributed by atoms with Crippen molar-refractivity contribution in [3.05, 3.63) is 28.8 Å². The molecule has 0 radical (unpaired) electrons. The van der Waals surface area contributed by atoms with Gasteiger partial charge in [0.05, 0.1) is 7.11 Å². The van der Waals surface area contributed by atoms with Crippen LogP contribution in [0, 0.1) is 5.92 Å². The number of thioether (sulfide) groups is 1. The van der Waals surface area contributed by atoms with Crippen molar-refractivity contribution in [1.82, 2.24) is 0 Å². The first-order valence-corrected chi connectivity index (χ1v) is 7.90. The third-order valence-corrected chi connectivity index (χ3v) is 4.80. The number of rotatable bonds is 4. The lowest BCUT2D eigenvalue weighted by atomic mass is 9.91. The molecule has 0 saturated carbocycles. The number of benzene rings is 1. The summed E-state index contributed by atoms with van der Waals surface area (Å²) in [6.45, 7) is 0. The smallest absolute Gasteiger partial charge is 0.123 e. The molecule has 2 N–H and O–H groups in total. The van der Waals surface area contributed by atoms with E-state index in [4.69, 9.17) is 22.1 Å². The van der Waals surface area contributed by atoms with Gasteiger partial charge in [-0.25, -0.2) is 0 Å². The quantitative estimate of drug-likeness (QED) is 0.912. The van der Waals surface area contributed by atoms with Crippen LogP contribution in [0.3, 0.4) is 0 Å². The molecule has 1 unspecified atom stereocenters. The molecule has 0 bridgehead atoms. The Morgan fingerprint density at radius 1 is 1.44 bits per heavy atom. The van der Waals surface area contributed by atoms with Crippen LogP contribution >= 0.6 is 23.4 Å². The molecule has 2 nitrogen and oxygen atoms in total. The van der Waals surface area contributed by atoms with Gasteiger partial charge in [0, 0.05) is 16.6 Å². The molecular weight excluding hydrogens is 266 g/mol. The Labute approximate surface area is 118 Å². The maximum Gasteiger partial charge on any atom is 0.123 e. The fourth-order valence-corrected chi connectivity index (χ4v) is 3.85. The average molecular weight is 286 g/mol. The summed E-state index contributed by atoms with van der Waals surface area (Å²) in [7, 11) is 1.68. The second kappa shape index (κ2) is 6.69. The zero-order chi connectivity index (χ0) is 13.0. The fraction of sp³-hybridized carbons (Fsp3) is 0.571. The molecule has 0 aliphatic carbocycles. The highest BCUT2D eigenvalue weighted by Gasteiger charge is 2.20. The molecule has 1 aromatic rings. The number of halogens is 1. The zero-order valence-electron chi connectivity index (χ0n) is 10.7. The van der Waals surface area contributed by atoms with Crippen LogP contribution in [0.4, 0.5) is 0 Å². The van der Waals surface area contributed by atoms with Crippen LogP contribution < -0.4 is 10.5 Å². The highest BCUT2D eigenvalue weighted by molar-refractivity contribution is 7.99. The van der Waals surface area contributed by atoms with E-state index in [0.29, 0.717) is 0 Å². The van der Waals surface area contributed by atoms with Gasteiger partial charge in [0.25, 0.3) is 0 Å². The van der Waals surface area contributed by atoms with E-state index in [2.05, 4.69) is 0 Å². The summed E-state index contributed by atoms with van der Waals surface area (Å²) in [5.41, 5.74) is 7.36. The molecule has 1 aliphatic rings. The van der Waals surface area contributed by atoms with E-state index in [9.17, 15) is 0 Å². The highest BCUT2D eigenvalue weighted by atomic mass is 35.5. The fourth-order valence-electron chi connectivity index (χ4n) is 2.46. The minimum atomic E-state index is 0.0201. The molecule has 0 spiro atoms. The summed E-state index contributed by atoms with van der Waals surface area (Å²) in [6.07, 6.45) is 3.58. The Morgan fingerprint density at radius 3 is 2.83 bits per heavy atom. The molecule has 1 heterocycles. The van der Waals surface area contributed by atoms with Crippen LogP contribution in [0.5, 0.6) is 5.75 Å². The van der Waals surface area contributed by atoms with Gasteiger partial charge in [-0.2, -0.15) is 11.8 Å². The number of hydrogen-bond acceptors (Lipinski definition) is 3. The third-order valence-electron chi connectivity index (χ3n) is 3.52. The normalized spacial score (nSPS) is 18.6. The van der Waals surface area contributed by atoms with Crippen molar-refractivity contribution < 1.29 is 4.74 Å². The van der Waals surface area contributed by atoms with E-state index < -0.39 is 0 Å². The Bertz CT molecular complexity index is 393. The lowest BCUT2D eigenvalue weighted by Gasteiger charge is -2.25. The van der Waals surface area contributed by atoms with E-state index >= 15 is 0 Å². The summed E-state index contributed by atoms with van der Waals surface area (Å²) >= 11 is 8.09. The molecule has 4 heteroatoms. The van der Waals surface area contributed by atoms with Crippen molar-refractivity contribution in [3.63, 3.8) is 0 Å². The lowest BCUT2D eigenvalue weighted by Crippen LogP contribution is -2.19. The Balaban J connectivity index is 2.07. The molecule has 1 saturated heterocycles. The predicted molar refractivity (Wildman–Crippen MR) is 79.6 cm³/mol. The minimum Gasteiger partial charge on any atom is -0.496 e. The van der Waals surface area contributed by atoms with Gasteiger partial charge in [-0.1, -0.05) is 11.6 Å². The summed E-state index contributed by atoms with van der Waals surface area (Å²) in [5, 5.41) is 0.723.